The third-order valence-electron chi connectivity index (χ3n) is 4.17. The van der Waals surface area contributed by atoms with Crippen molar-refractivity contribution in [3.05, 3.63) is 59.9 Å². The van der Waals surface area contributed by atoms with E-state index in [0.717, 1.165) is 4.90 Å². The molecule has 3 rings (SSSR count). The summed E-state index contributed by atoms with van der Waals surface area (Å²) in [5.74, 6) is -1.17. The van der Waals surface area contributed by atoms with Crippen LogP contribution in [0.25, 0.3) is 0 Å². The summed E-state index contributed by atoms with van der Waals surface area (Å²) in [5.41, 5.74) is 1.12. The van der Waals surface area contributed by atoms with E-state index in [4.69, 9.17) is 0 Å². The van der Waals surface area contributed by atoms with Crippen molar-refractivity contribution in [2.45, 2.75) is 0 Å². The predicted octanol–water partition coefficient (Wildman–Crippen LogP) is 0.0312. The molecule has 1 aliphatic rings. The van der Waals surface area contributed by atoms with Crippen LogP contribution >= 0.6 is 0 Å². The summed E-state index contributed by atoms with van der Waals surface area (Å²) < 4.78 is 13.0. The summed E-state index contributed by atoms with van der Waals surface area (Å²) in [5, 5.41) is 8.13. The SMILES string of the molecule is O=C1C[NH+](CC(=O)Nc2ccccc2C(=O)Nc2ccc(F)cc2)CCN1. The van der Waals surface area contributed by atoms with E-state index in [2.05, 4.69) is 16.0 Å². The highest BCUT2D eigenvalue weighted by Gasteiger charge is 2.23. The maximum Gasteiger partial charge on any atom is 0.279 e. The molecule has 1 saturated heterocycles. The van der Waals surface area contributed by atoms with Crippen LogP contribution in [-0.2, 0) is 9.59 Å². The summed E-state index contributed by atoms with van der Waals surface area (Å²) in [4.78, 5) is 37.1. The van der Waals surface area contributed by atoms with Gasteiger partial charge < -0.3 is 20.9 Å². The smallest absolute Gasteiger partial charge is 0.279 e. The van der Waals surface area contributed by atoms with Crippen LogP contribution in [0.2, 0.25) is 0 Å². The first-order chi connectivity index (χ1) is 13.0. The van der Waals surface area contributed by atoms with Crippen molar-refractivity contribution >= 4 is 29.1 Å². The van der Waals surface area contributed by atoms with Gasteiger partial charge in [0.15, 0.2) is 13.1 Å². The summed E-state index contributed by atoms with van der Waals surface area (Å²) in [7, 11) is 0. The Morgan fingerprint density at radius 3 is 2.56 bits per heavy atom. The lowest BCUT2D eigenvalue weighted by Gasteiger charge is -2.23. The lowest BCUT2D eigenvalue weighted by atomic mass is 10.1. The van der Waals surface area contributed by atoms with E-state index in [-0.39, 0.29) is 24.9 Å². The van der Waals surface area contributed by atoms with Gasteiger partial charge in [-0.1, -0.05) is 12.1 Å². The number of piperazine rings is 1. The van der Waals surface area contributed by atoms with Crippen LogP contribution < -0.4 is 20.9 Å². The molecule has 0 aliphatic carbocycles. The van der Waals surface area contributed by atoms with Gasteiger partial charge in [-0.15, -0.1) is 0 Å². The first-order valence-electron chi connectivity index (χ1n) is 8.57. The second kappa shape index (κ2) is 8.41. The van der Waals surface area contributed by atoms with Crippen LogP contribution in [-0.4, -0.2) is 43.9 Å². The van der Waals surface area contributed by atoms with Gasteiger partial charge in [0, 0.05) is 5.69 Å². The van der Waals surface area contributed by atoms with Gasteiger partial charge in [-0.2, -0.15) is 0 Å². The van der Waals surface area contributed by atoms with Crippen molar-refractivity contribution < 1.29 is 23.7 Å². The minimum Gasteiger partial charge on any atom is -0.346 e. The molecule has 8 heteroatoms. The van der Waals surface area contributed by atoms with Crippen LogP contribution in [0.1, 0.15) is 10.4 Å². The Morgan fingerprint density at radius 1 is 1.07 bits per heavy atom. The quantitative estimate of drug-likeness (QED) is 0.598. The highest BCUT2D eigenvalue weighted by molar-refractivity contribution is 6.10. The van der Waals surface area contributed by atoms with Crippen LogP contribution in [0.15, 0.2) is 48.5 Å². The van der Waals surface area contributed by atoms with E-state index >= 15 is 0 Å². The number of amides is 3. The molecule has 0 saturated carbocycles. The van der Waals surface area contributed by atoms with E-state index in [9.17, 15) is 18.8 Å². The summed E-state index contributed by atoms with van der Waals surface area (Å²) >= 11 is 0. The first kappa shape index (κ1) is 18.5. The number of hydrogen-bond donors (Lipinski definition) is 4. The van der Waals surface area contributed by atoms with Gasteiger partial charge in [-0.3, -0.25) is 14.4 Å². The van der Waals surface area contributed by atoms with Crippen molar-refractivity contribution in [1.82, 2.24) is 5.32 Å². The van der Waals surface area contributed by atoms with E-state index in [1.807, 2.05) is 0 Å². The molecule has 0 spiro atoms. The maximum atomic E-state index is 13.0. The molecule has 0 radical (unpaired) electrons. The molecule has 2 aromatic carbocycles. The molecule has 1 atom stereocenters. The molecule has 0 bridgehead atoms. The van der Waals surface area contributed by atoms with Gasteiger partial charge >= 0.3 is 0 Å². The molecule has 3 amide bonds. The predicted molar refractivity (Wildman–Crippen MR) is 98.0 cm³/mol. The minimum atomic E-state index is -0.415. The number of benzene rings is 2. The number of nitrogens with one attached hydrogen (secondary N) is 4. The maximum absolute atomic E-state index is 13.0. The van der Waals surface area contributed by atoms with Gasteiger partial charge in [-0.25, -0.2) is 4.39 Å². The molecule has 2 aromatic rings. The van der Waals surface area contributed by atoms with Crippen LogP contribution in [0.3, 0.4) is 0 Å². The largest absolute Gasteiger partial charge is 0.346 e. The zero-order valence-electron chi connectivity index (χ0n) is 14.5. The van der Waals surface area contributed by atoms with Gasteiger partial charge in [0.1, 0.15) is 5.82 Å². The third kappa shape index (κ3) is 5.11. The Morgan fingerprint density at radius 2 is 1.81 bits per heavy atom. The van der Waals surface area contributed by atoms with Gasteiger partial charge in [0.05, 0.1) is 24.3 Å². The second-order valence-corrected chi connectivity index (χ2v) is 6.26. The average Bonchev–Trinajstić information content (AvgIpc) is 2.64. The van der Waals surface area contributed by atoms with E-state index in [1.54, 1.807) is 24.3 Å². The van der Waals surface area contributed by atoms with E-state index in [0.29, 0.717) is 30.0 Å². The average molecular weight is 371 g/mol. The molecule has 1 aliphatic heterocycles. The Kier molecular flexibility index (Phi) is 5.77. The number of rotatable bonds is 5. The lowest BCUT2D eigenvalue weighted by molar-refractivity contribution is -0.885. The molecule has 1 fully saturated rings. The Hall–Kier alpha value is -3.26. The zero-order valence-corrected chi connectivity index (χ0v) is 14.5. The summed E-state index contributed by atoms with van der Waals surface area (Å²) in [6, 6.07) is 12.0. The van der Waals surface area contributed by atoms with Gasteiger partial charge in [0.25, 0.3) is 17.7 Å². The standard InChI is InChI=1S/C19H19FN4O3/c20-13-5-7-14(8-6-13)22-19(27)15-3-1-2-4-16(15)23-18(26)12-24-10-9-21-17(25)11-24/h1-8H,9-12H2,(H,21,25)(H,22,27)(H,23,26)/p+1. The fourth-order valence-corrected chi connectivity index (χ4v) is 2.85. The molecule has 7 nitrogen and oxygen atoms in total. The minimum absolute atomic E-state index is 0.0804. The molecule has 1 heterocycles. The van der Waals surface area contributed by atoms with Gasteiger partial charge in [-0.05, 0) is 36.4 Å². The van der Waals surface area contributed by atoms with Crippen LogP contribution in [0, 0.1) is 5.82 Å². The fraction of sp³-hybridized carbons (Fsp3) is 0.211. The van der Waals surface area contributed by atoms with Crippen molar-refractivity contribution in [2.24, 2.45) is 0 Å². The summed E-state index contributed by atoms with van der Waals surface area (Å²) in [6.07, 6.45) is 0. The number of carbonyl (C=O) groups excluding carboxylic acids is 3. The highest BCUT2D eigenvalue weighted by atomic mass is 19.1. The molecule has 1 unspecified atom stereocenters. The van der Waals surface area contributed by atoms with Gasteiger partial charge in [0.2, 0.25) is 0 Å². The molecule has 140 valence electrons. The number of halogens is 1. The number of quaternary nitrogens is 1. The Bertz CT molecular complexity index is 854. The van der Waals surface area contributed by atoms with Crippen molar-refractivity contribution in [2.75, 3.05) is 36.8 Å². The van der Waals surface area contributed by atoms with E-state index in [1.165, 1.54) is 24.3 Å². The molecule has 4 N–H and O–H groups in total. The molecule has 27 heavy (non-hydrogen) atoms. The molecular formula is C19H20FN4O3+. The van der Waals surface area contributed by atoms with Crippen molar-refractivity contribution in [3.8, 4) is 0 Å². The molecular weight excluding hydrogens is 351 g/mol. The Balaban J connectivity index is 1.66. The normalized spacial score (nSPS) is 16.3. The number of hydrogen-bond acceptors (Lipinski definition) is 3. The van der Waals surface area contributed by atoms with Crippen molar-refractivity contribution in [3.63, 3.8) is 0 Å². The second-order valence-electron chi connectivity index (χ2n) is 6.26. The molecule has 0 aromatic heterocycles. The fourth-order valence-electron chi connectivity index (χ4n) is 2.85. The third-order valence-corrected chi connectivity index (χ3v) is 4.17. The summed E-state index contributed by atoms with van der Waals surface area (Å²) in [6.45, 7) is 1.60. The number of carbonyl (C=O) groups is 3. The monoisotopic (exact) mass is 371 g/mol. The topological polar surface area (TPSA) is 91.7 Å². The Labute approximate surface area is 155 Å². The lowest BCUT2D eigenvalue weighted by Crippen LogP contribution is -3.16. The van der Waals surface area contributed by atoms with E-state index < -0.39 is 11.7 Å². The zero-order chi connectivity index (χ0) is 19.2. The van der Waals surface area contributed by atoms with Crippen LogP contribution in [0.4, 0.5) is 15.8 Å². The first-order valence-corrected chi connectivity index (χ1v) is 8.57. The highest BCUT2D eigenvalue weighted by Crippen LogP contribution is 2.17. The van der Waals surface area contributed by atoms with Crippen LogP contribution in [0.5, 0.6) is 0 Å². The number of para-hydroxylation sites is 1. The number of anilines is 2. The van der Waals surface area contributed by atoms with Crippen molar-refractivity contribution in [1.29, 1.82) is 0 Å².